The Balaban J connectivity index is 1.80. The molecule has 1 aliphatic carbocycles. The van der Waals surface area contributed by atoms with Gasteiger partial charge in [0.25, 0.3) is 0 Å². The zero-order valence-electron chi connectivity index (χ0n) is 13.1. The van der Waals surface area contributed by atoms with Crippen LogP contribution in [0.5, 0.6) is 0 Å². The molecule has 0 saturated heterocycles. The van der Waals surface area contributed by atoms with Gasteiger partial charge in [-0.05, 0) is 31.7 Å². The first-order valence-electron chi connectivity index (χ1n) is 8.32. The highest BCUT2D eigenvalue weighted by Gasteiger charge is 2.41. The molecular weight excluding hydrogens is 258 g/mol. The van der Waals surface area contributed by atoms with Crippen LogP contribution in [0.1, 0.15) is 51.0 Å². The first kappa shape index (κ1) is 14.4. The van der Waals surface area contributed by atoms with E-state index in [2.05, 4.69) is 47.1 Å². The molecule has 3 rings (SSSR count). The maximum atomic E-state index is 6.27. The standard InChI is InChI=1S/C18H27N3/c1-18(13-15-9-5-4-6-10-15)14-20-17(19)21(18)16-11-7-2-3-8-12-16/h4-6,9-10,16H,2-3,7-8,11-14H2,1H3,(H2,19,20). The van der Waals surface area contributed by atoms with Crippen molar-refractivity contribution in [2.24, 2.45) is 10.7 Å². The molecule has 0 aromatic heterocycles. The molecule has 0 amide bonds. The van der Waals surface area contributed by atoms with Crippen molar-refractivity contribution in [3.05, 3.63) is 35.9 Å². The van der Waals surface area contributed by atoms with E-state index in [9.17, 15) is 0 Å². The summed E-state index contributed by atoms with van der Waals surface area (Å²) in [6.45, 7) is 3.15. The second kappa shape index (κ2) is 6.08. The van der Waals surface area contributed by atoms with E-state index in [0.717, 1.165) is 18.9 Å². The Bertz CT molecular complexity index is 488. The Morgan fingerprint density at radius 1 is 1.14 bits per heavy atom. The van der Waals surface area contributed by atoms with Crippen molar-refractivity contribution in [2.45, 2.75) is 63.5 Å². The predicted octanol–water partition coefficient (Wildman–Crippen LogP) is 3.34. The van der Waals surface area contributed by atoms with Crippen molar-refractivity contribution in [3.63, 3.8) is 0 Å². The first-order valence-corrected chi connectivity index (χ1v) is 8.32. The van der Waals surface area contributed by atoms with Crippen molar-refractivity contribution in [2.75, 3.05) is 6.54 Å². The van der Waals surface area contributed by atoms with E-state index in [1.165, 1.54) is 44.1 Å². The number of hydrogen-bond acceptors (Lipinski definition) is 3. The number of benzene rings is 1. The second-order valence-corrected chi connectivity index (χ2v) is 6.85. The summed E-state index contributed by atoms with van der Waals surface area (Å²) >= 11 is 0. The molecule has 3 nitrogen and oxygen atoms in total. The van der Waals surface area contributed by atoms with Crippen LogP contribution in [0.3, 0.4) is 0 Å². The lowest BCUT2D eigenvalue weighted by molar-refractivity contribution is 0.151. The summed E-state index contributed by atoms with van der Waals surface area (Å²) in [7, 11) is 0. The fourth-order valence-electron chi connectivity index (χ4n) is 4.00. The summed E-state index contributed by atoms with van der Waals surface area (Å²) in [5.41, 5.74) is 7.69. The number of nitrogens with zero attached hydrogens (tertiary/aromatic N) is 2. The maximum Gasteiger partial charge on any atom is 0.192 e. The third kappa shape index (κ3) is 3.07. The van der Waals surface area contributed by atoms with Gasteiger partial charge in [0.05, 0.1) is 12.1 Å². The van der Waals surface area contributed by atoms with Crippen molar-refractivity contribution < 1.29 is 0 Å². The van der Waals surface area contributed by atoms with E-state index in [1.807, 2.05) is 0 Å². The summed E-state index contributed by atoms with van der Waals surface area (Å²) in [5.74, 6) is 0.764. The molecule has 1 saturated carbocycles. The van der Waals surface area contributed by atoms with Crippen LogP contribution >= 0.6 is 0 Å². The van der Waals surface area contributed by atoms with Crippen LogP contribution in [-0.4, -0.2) is 29.0 Å². The van der Waals surface area contributed by atoms with Crippen LogP contribution in [-0.2, 0) is 6.42 Å². The number of aliphatic imine (C=N–C) groups is 1. The van der Waals surface area contributed by atoms with Crippen molar-refractivity contribution in [1.82, 2.24) is 4.90 Å². The van der Waals surface area contributed by atoms with E-state index in [0.29, 0.717) is 6.04 Å². The molecule has 1 fully saturated rings. The van der Waals surface area contributed by atoms with Gasteiger partial charge in [-0.15, -0.1) is 0 Å². The van der Waals surface area contributed by atoms with Crippen LogP contribution in [0.2, 0.25) is 0 Å². The predicted molar refractivity (Wildman–Crippen MR) is 88.4 cm³/mol. The average molecular weight is 285 g/mol. The van der Waals surface area contributed by atoms with E-state index < -0.39 is 0 Å². The van der Waals surface area contributed by atoms with E-state index in [4.69, 9.17) is 5.73 Å². The maximum absolute atomic E-state index is 6.27. The quantitative estimate of drug-likeness (QED) is 0.865. The van der Waals surface area contributed by atoms with E-state index in [-0.39, 0.29) is 5.54 Å². The van der Waals surface area contributed by atoms with Gasteiger partial charge in [0.1, 0.15) is 0 Å². The molecule has 1 aromatic carbocycles. The Hall–Kier alpha value is -1.51. The molecule has 0 bridgehead atoms. The summed E-state index contributed by atoms with van der Waals surface area (Å²) in [6.07, 6.45) is 8.95. The van der Waals surface area contributed by atoms with Crippen LogP contribution in [0.15, 0.2) is 35.3 Å². The lowest BCUT2D eigenvalue weighted by Crippen LogP contribution is -2.55. The van der Waals surface area contributed by atoms with Crippen molar-refractivity contribution in [3.8, 4) is 0 Å². The lowest BCUT2D eigenvalue weighted by Gasteiger charge is -2.42. The fraction of sp³-hybridized carbons (Fsp3) is 0.611. The number of guanidine groups is 1. The summed E-state index contributed by atoms with van der Waals surface area (Å²) < 4.78 is 0. The first-order chi connectivity index (χ1) is 10.2. The minimum absolute atomic E-state index is 0.0421. The fourth-order valence-corrected chi connectivity index (χ4v) is 4.00. The SMILES string of the molecule is CC1(Cc2ccccc2)CN=C(N)N1C1CCCCCC1. The Morgan fingerprint density at radius 2 is 1.81 bits per heavy atom. The average Bonchev–Trinajstić information content (AvgIpc) is 2.68. The van der Waals surface area contributed by atoms with Gasteiger partial charge in [0, 0.05) is 6.04 Å². The third-order valence-electron chi connectivity index (χ3n) is 5.03. The van der Waals surface area contributed by atoms with Gasteiger partial charge in [-0.25, -0.2) is 0 Å². The largest absolute Gasteiger partial charge is 0.370 e. The zero-order valence-corrected chi connectivity index (χ0v) is 13.1. The molecule has 2 N–H and O–H groups in total. The molecule has 1 aliphatic heterocycles. The molecule has 1 atom stereocenters. The smallest absolute Gasteiger partial charge is 0.192 e. The Labute approximate surface area is 128 Å². The molecule has 0 radical (unpaired) electrons. The lowest BCUT2D eigenvalue weighted by atomic mass is 9.89. The minimum atomic E-state index is 0.0421. The van der Waals surface area contributed by atoms with Crippen LogP contribution in [0, 0.1) is 0 Å². The second-order valence-electron chi connectivity index (χ2n) is 6.85. The summed E-state index contributed by atoms with van der Waals surface area (Å²) in [4.78, 5) is 7.04. The van der Waals surface area contributed by atoms with Gasteiger partial charge < -0.3 is 10.6 Å². The molecule has 21 heavy (non-hydrogen) atoms. The zero-order chi connectivity index (χ0) is 14.7. The molecule has 114 valence electrons. The highest BCUT2D eigenvalue weighted by atomic mass is 15.4. The number of nitrogens with two attached hydrogens (primary N) is 1. The topological polar surface area (TPSA) is 41.6 Å². The van der Waals surface area contributed by atoms with Gasteiger partial charge in [0.15, 0.2) is 5.96 Å². The molecule has 1 heterocycles. The molecule has 1 unspecified atom stereocenters. The van der Waals surface area contributed by atoms with Crippen molar-refractivity contribution in [1.29, 1.82) is 0 Å². The van der Waals surface area contributed by atoms with Crippen molar-refractivity contribution >= 4 is 5.96 Å². The molecule has 2 aliphatic rings. The molecule has 1 aromatic rings. The van der Waals surface area contributed by atoms with Gasteiger partial charge in [-0.1, -0.05) is 56.0 Å². The highest BCUT2D eigenvalue weighted by molar-refractivity contribution is 5.81. The highest BCUT2D eigenvalue weighted by Crippen LogP contribution is 2.33. The monoisotopic (exact) mass is 285 g/mol. The third-order valence-corrected chi connectivity index (χ3v) is 5.03. The summed E-state index contributed by atoms with van der Waals surface area (Å²) in [5, 5.41) is 0. The van der Waals surface area contributed by atoms with Crippen LogP contribution < -0.4 is 5.73 Å². The normalized spacial score (nSPS) is 27.5. The van der Waals surface area contributed by atoms with E-state index in [1.54, 1.807) is 0 Å². The Kier molecular flexibility index (Phi) is 4.18. The van der Waals surface area contributed by atoms with Crippen LogP contribution in [0.25, 0.3) is 0 Å². The summed E-state index contributed by atoms with van der Waals surface area (Å²) in [6, 6.07) is 11.3. The van der Waals surface area contributed by atoms with Gasteiger partial charge in [-0.2, -0.15) is 0 Å². The number of rotatable bonds is 3. The minimum Gasteiger partial charge on any atom is -0.370 e. The van der Waals surface area contributed by atoms with Gasteiger partial charge in [-0.3, -0.25) is 4.99 Å². The molecular formula is C18H27N3. The van der Waals surface area contributed by atoms with Gasteiger partial charge >= 0.3 is 0 Å². The van der Waals surface area contributed by atoms with Crippen LogP contribution in [0.4, 0.5) is 0 Å². The molecule has 0 spiro atoms. The Morgan fingerprint density at radius 3 is 2.48 bits per heavy atom. The van der Waals surface area contributed by atoms with Gasteiger partial charge in [0.2, 0.25) is 0 Å². The van der Waals surface area contributed by atoms with E-state index >= 15 is 0 Å². The number of hydrogen-bond donors (Lipinski definition) is 1. The molecule has 3 heteroatoms.